The van der Waals surface area contributed by atoms with Gasteiger partial charge in [-0.25, -0.2) is 12.4 Å². The Balaban J connectivity index is 2.16. The van der Waals surface area contributed by atoms with Crippen molar-refractivity contribution in [3.63, 3.8) is 0 Å². The molecule has 0 spiro atoms. The van der Waals surface area contributed by atoms with E-state index in [4.69, 9.17) is 9.84 Å². The van der Waals surface area contributed by atoms with Crippen molar-refractivity contribution in [3.05, 3.63) is 59.8 Å². The second kappa shape index (κ2) is 7.67. The smallest absolute Gasteiger partial charge is 0.303 e. The van der Waals surface area contributed by atoms with E-state index in [1.54, 1.807) is 42.5 Å². The number of aryl methyl sites for hydroxylation is 2. The molecule has 3 aromatic rings. The van der Waals surface area contributed by atoms with Crippen LogP contribution in [0.2, 0.25) is 0 Å². The van der Waals surface area contributed by atoms with E-state index in [0.29, 0.717) is 22.2 Å². The lowest BCUT2D eigenvalue weighted by atomic mass is 10.1. The van der Waals surface area contributed by atoms with Gasteiger partial charge in [0.1, 0.15) is 5.75 Å². The number of fused-ring (bicyclic) bond motifs is 1. The van der Waals surface area contributed by atoms with Crippen LogP contribution < -0.4 is 4.74 Å². The van der Waals surface area contributed by atoms with Crippen molar-refractivity contribution in [1.29, 1.82) is 0 Å². The summed E-state index contributed by atoms with van der Waals surface area (Å²) in [6.07, 6.45) is 1.63. The minimum atomic E-state index is -3.81. The topological polar surface area (TPSA) is 85.6 Å². The van der Waals surface area contributed by atoms with Crippen molar-refractivity contribution in [2.75, 3.05) is 0 Å². The van der Waals surface area contributed by atoms with Gasteiger partial charge in [0.25, 0.3) is 10.0 Å². The van der Waals surface area contributed by atoms with E-state index in [0.717, 1.165) is 5.56 Å². The maximum absolute atomic E-state index is 13.2. The normalized spacial score (nSPS) is 11.9. The summed E-state index contributed by atoms with van der Waals surface area (Å²) in [5, 5.41) is 9.72. The molecule has 0 saturated heterocycles. The number of hydrogen-bond donors (Lipinski definition) is 1. The predicted octanol–water partition coefficient (Wildman–Crippen LogP) is 3.99. The fourth-order valence-electron chi connectivity index (χ4n) is 3.05. The average molecular weight is 401 g/mol. The van der Waals surface area contributed by atoms with Crippen molar-refractivity contribution >= 4 is 26.9 Å². The van der Waals surface area contributed by atoms with E-state index >= 15 is 0 Å². The van der Waals surface area contributed by atoms with E-state index in [1.807, 2.05) is 20.8 Å². The first-order chi connectivity index (χ1) is 13.2. The highest BCUT2D eigenvalue weighted by Gasteiger charge is 2.22. The Hall–Kier alpha value is -2.80. The molecule has 0 fully saturated rings. The molecule has 0 aliphatic heterocycles. The highest BCUT2D eigenvalue weighted by Crippen LogP contribution is 2.30. The second-order valence-electron chi connectivity index (χ2n) is 7.01. The Bertz CT molecular complexity index is 1110. The van der Waals surface area contributed by atoms with Crippen LogP contribution in [-0.2, 0) is 21.2 Å². The number of nitrogens with zero attached hydrogens (tertiary/aromatic N) is 1. The van der Waals surface area contributed by atoms with Crippen LogP contribution in [-0.4, -0.2) is 29.6 Å². The first-order valence-corrected chi connectivity index (χ1v) is 10.5. The van der Waals surface area contributed by atoms with Gasteiger partial charge in [-0.3, -0.25) is 4.79 Å². The van der Waals surface area contributed by atoms with E-state index in [9.17, 15) is 13.2 Å². The number of aromatic nitrogens is 1. The van der Waals surface area contributed by atoms with Gasteiger partial charge in [0.2, 0.25) is 0 Å². The molecule has 2 aromatic carbocycles. The van der Waals surface area contributed by atoms with Gasteiger partial charge in [-0.2, -0.15) is 0 Å². The van der Waals surface area contributed by atoms with Gasteiger partial charge in [-0.05, 0) is 63.1 Å². The number of hydrogen-bond acceptors (Lipinski definition) is 4. The Labute approximate surface area is 164 Å². The van der Waals surface area contributed by atoms with Crippen molar-refractivity contribution in [2.45, 2.75) is 44.6 Å². The molecule has 3 rings (SSSR count). The number of benzene rings is 2. The van der Waals surface area contributed by atoms with Crippen molar-refractivity contribution in [2.24, 2.45) is 0 Å². The molecule has 1 heterocycles. The SMILES string of the molecule is Cc1ccc(S(=O)(=O)n2cc(CCC(=O)O)c3cc(OC(C)C)ccc32)cc1. The van der Waals surface area contributed by atoms with Gasteiger partial charge in [0, 0.05) is 18.0 Å². The molecule has 1 aromatic heterocycles. The van der Waals surface area contributed by atoms with Crippen molar-refractivity contribution < 1.29 is 23.1 Å². The van der Waals surface area contributed by atoms with Crippen LogP contribution in [0, 0.1) is 6.92 Å². The number of carbonyl (C=O) groups is 1. The van der Waals surface area contributed by atoms with Crippen LogP contribution in [0.3, 0.4) is 0 Å². The average Bonchev–Trinajstić information content (AvgIpc) is 2.98. The first-order valence-electron chi connectivity index (χ1n) is 9.03. The highest BCUT2D eigenvalue weighted by atomic mass is 32.2. The van der Waals surface area contributed by atoms with Gasteiger partial charge in [0.05, 0.1) is 16.5 Å². The molecule has 0 aliphatic carbocycles. The van der Waals surface area contributed by atoms with Crippen LogP contribution in [0.15, 0.2) is 53.6 Å². The third kappa shape index (κ3) is 4.04. The van der Waals surface area contributed by atoms with Crippen LogP contribution in [0.1, 0.15) is 31.4 Å². The van der Waals surface area contributed by atoms with Crippen LogP contribution >= 0.6 is 0 Å². The maximum atomic E-state index is 13.2. The van der Waals surface area contributed by atoms with Gasteiger partial charge in [-0.1, -0.05) is 17.7 Å². The van der Waals surface area contributed by atoms with Crippen LogP contribution in [0.5, 0.6) is 5.75 Å². The molecule has 0 aliphatic rings. The molecule has 0 bridgehead atoms. The lowest BCUT2D eigenvalue weighted by Gasteiger charge is -2.11. The summed E-state index contributed by atoms with van der Waals surface area (Å²) in [4.78, 5) is 11.2. The third-order valence-corrected chi connectivity index (χ3v) is 6.07. The summed E-state index contributed by atoms with van der Waals surface area (Å²) >= 11 is 0. The van der Waals surface area contributed by atoms with Gasteiger partial charge in [-0.15, -0.1) is 0 Å². The van der Waals surface area contributed by atoms with E-state index in [1.165, 1.54) is 10.2 Å². The molecule has 0 unspecified atom stereocenters. The zero-order valence-electron chi connectivity index (χ0n) is 16.0. The molecular weight excluding hydrogens is 378 g/mol. The number of aliphatic carboxylic acids is 1. The minimum Gasteiger partial charge on any atom is -0.491 e. The Morgan fingerprint density at radius 2 is 1.82 bits per heavy atom. The largest absolute Gasteiger partial charge is 0.491 e. The Kier molecular flexibility index (Phi) is 5.47. The Morgan fingerprint density at radius 3 is 2.43 bits per heavy atom. The van der Waals surface area contributed by atoms with E-state index in [-0.39, 0.29) is 23.8 Å². The van der Waals surface area contributed by atoms with Crippen LogP contribution in [0.4, 0.5) is 0 Å². The van der Waals surface area contributed by atoms with Gasteiger partial charge < -0.3 is 9.84 Å². The zero-order chi connectivity index (χ0) is 20.5. The number of carboxylic acid groups (broad SMARTS) is 1. The summed E-state index contributed by atoms with van der Waals surface area (Å²) < 4.78 is 33.3. The molecular formula is C21H23NO5S. The third-order valence-electron chi connectivity index (χ3n) is 4.38. The molecule has 0 saturated carbocycles. The first kappa shape index (κ1) is 19.9. The molecule has 7 heteroatoms. The lowest BCUT2D eigenvalue weighted by Crippen LogP contribution is -2.12. The van der Waals surface area contributed by atoms with E-state index < -0.39 is 16.0 Å². The van der Waals surface area contributed by atoms with Crippen molar-refractivity contribution in [3.8, 4) is 5.75 Å². The quantitative estimate of drug-likeness (QED) is 0.647. The highest BCUT2D eigenvalue weighted by molar-refractivity contribution is 7.90. The molecule has 0 amide bonds. The predicted molar refractivity (Wildman–Crippen MR) is 107 cm³/mol. The summed E-state index contributed by atoms with van der Waals surface area (Å²) in [6, 6.07) is 11.8. The summed E-state index contributed by atoms with van der Waals surface area (Å²) in [6.45, 7) is 5.70. The lowest BCUT2D eigenvalue weighted by molar-refractivity contribution is -0.136. The second-order valence-corrected chi connectivity index (χ2v) is 8.82. The maximum Gasteiger partial charge on any atom is 0.303 e. The molecule has 1 N–H and O–H groups in total. The molecule has 28 heavy (non-hydrogen) atoms. The number of ether oxygens (including phenoxy) is 1. The zero-order valence-corrected chi connectivity index (χ0v) is 16.9. The van der Waals surface area contributed by atoms with Crippen LogP contribution in [0.25, 0.3) is 10.9 Å². The Morgan fingerprint density at radius 1 is 1.14 bits per heavy atom. The fraction of sp³-hybridized carbons (Fsp3) is 0.286. The van der Waals surface area contributed by atoms with Gasteiger partial charge in [0.15, 0.2) is 0 Å². The van der Waals surface area contributed by atoms with Gasteiger partial charge >= 0.3 is 5.97 Å². The van der Waals surface area contributed by atoms with Crippen molar-refractivity contribution in [1.82, 2.24) is 3.97 Å². The minimum absolute atomic E-state index is 0.0294. The molecule has 6 nitrogen and oxygen atoms in total. The van der Waals surface area contributed by atoms with E-state index in [2.05, 4.69) is 0 Å². The molecule has 0 radical (unpaired) electrons. The number of carboxylic acids is 1. The standard InChI is InChI=1S/C21H23NO5S/c1-14(2)27-17-7-10-20-19(12-17)16(6-11-21(23)24)13-22(20)28(25,26)18-8-4-15(3)5-9-18/h4-5,7-10,12-14H,6,11H2,1-3H3,(H,23,24). The molecule has 0 atom stereocenters. The summed E-state index contributed by atoms with van der Waals surface area (Å²) in [5.74, 6) is -0.318. The summed E-state index contributed by atoms with van der Waals surface area (Å²) in [7, 11) is -3.81. The summed E-state index contributed by atoms with van der Waals surface area (Å²) in [5.41, 5.74) is 2.12. The molecule has 148 valence electrons. The number of rotatable bonds is 7. The fourth-order valence-corrected chi connectivity index (χ4v) is 4.45. The monoisotopic (exact) mass is 401 g/mol.